The third kappa shape index (κ3) is 7.15. The lowest BCUT2D eigenvalue weighted by Gasteiger charge is -2.16. The van der Waals surface area contributed by atoms with E-state index in [1.165, 1.54) is 0 Å². The first-order valence-electron chi connectivity index (χ1n) is 4.36. The van der Waals surface area contributed by atoms with E-state index in [-0.39, 0.29) is 6.61 Å². The van der Waals surface area contributed by atoms with Crippen LogP contribution in [-0.2, 0) is 14.3 Å². The van der Waals surface area contributed by atoms with Crippen molar-refractivity contribution in [2.45, 2.75) is 19.1 Å². The van der Waals surface area contributed by atoms with Crippen LogP contribution in [0.15, 0.2) is 0 Å². The maximum atomic E-state index is 11.7. The van der Waals surface area contributed by atoms with Gasteiger partial charge in [-0.1, -0.05) is 6.92 Å². The number of nitrogens with one attached hydrogen (secondary N) is 1. The Morgan fingerprint density at radius 2 is 2.07 bits per heavy atom. The molecule has 1 unspecified atom stereocenters. The molecular formula is C8H14F3NO3. The quantitative estimate of drug-likeness (QED) is 0.682. The van der Waals surface area contributed by atoms with Gasteiger partial charge >= 0.3 is 12.1 Å². The van der Waals surface area contributed by atoms with Gasteiger partial charge in [0.05, 0.1) is 13.7 Å². The minimum atomic E-state index is -4.38. The first kappa shape index (κ1) is 14.2. The molecule has 7 heteroatoms. The summed E-state index contributed by atoms with van der Waals surface area (Å²) < 4.78 is 43.9. The topological polar surface area (TPSA) is 47.6 Å². The lowest BCUT2D eigenvalue weighted by Crippen LogP contribution is -2.42. The molecule has 1 N–H and O–H groups in total. The van der Waals surface area contributed by atoms with E-state index in [0.29, 0.717) is 6.54 Å². The highest BCUT2D eigenvalue weighted by Crippen LogP contribution is 2.14. The molecule has 0 saturated carbocycles. The summed E-state index contributed by atoms with van der Waals surface area (Å²) in [5.74, 6) is -0.640. The van der Waals surface area contributed by atoms with Crippen LogP contribution < -0.4 is 5.32 Å². The molecular weight excluding hydrogens is 215 g/mol. The molecule has 0 spiro atoms. The zero-order chi connectivity index (χ0) is 11.9. The fourth-order valence-electron chi connectivity index (χ4n) is 0.891. The van der Waals surface area contributed by atoms with Crippen molar-refractivity contribution in [2.75, 3.05) is 26.9 Å². The maximum absolute atomic E-state index is 11.7. The van der Waals surface area contributed by atoms with Crippen LogP contribution in [0.3, 0.4) is 0 Å². The van der Waals surface area contributed by atoms with Crippen molar-refractivity contribution < 1.29 is 27.4 Å². The molecule has 90 valence electrons. The highest BCUT2D eigenvalue weighted by atomic mass is 19.4. The minimum Gasteiger partial charge on any atom is -0.468 e. The van der Waals surface area contributed by atoms with Crippen LogP contribution in [0.4, 0.5) is 13.2 Å². The fourth-order valence-corrected chi connectivity index (χ4v) is 0.891. The zero-order valence-electron chi connectivity index (χ0n) is 8.56. The Labute approximate surface area is 85.7 Å². The van der Waals surface area contributed by atoms with Crippen molar-refractivity contribution in [3.63, 3.8) is 0 Å². The second-order valence-electron chi connectivity index (χ2n) is 2.76. The molecule has 15 heavy (non-hydrogen) atoms. The summed E-state index contributed by atoms with van der Waals surface area (Å²) in [7, 11) is 1.16. The molecule has 0 bridgehead atoms. The number of hydrogen-bond acceptors (Lipinski definition) is 4. The first-order valence-corrected chi connectivity index (χ1v) is 4.36. The number of hydrogen-bond donors (Lipinski definition) is 1. The molecule has 1 atom stereocenters. The summed E-state index contributed by atoms with van der Waals surface area (Å²) in [5.41, 5.74) is 0. The first-order chi connectivity index (χ1) is 6.90. The fraction of sp³-hybridized carbons (Fsp3) is 0.875. The monoisotopic (exact) mass is 229 g/mol. The molecule has 0 heterocycles. The molecule has 0 radical (unpaired) electrons. The van der Waals surface area contributed by atoms with Gasteiger partial charge in [0.25, 0.3) is 0 Å². The Balaban J connectivity index is 3.91. The van der Waals surface area contributed by atoms with E-state index >= 15 is 0 Å². The smallest absolute Gasteiger partial charge is 0.411 e. The minimum absolute atomic E-state index is 0.361. The van der Waals surface area contributed by atoms with Gasteiger partial charge in [-0.2, -0.15) is 13.2 Å². The Kier molecular flexibility index (Phi) is 6.26. The molecule has 0 aliphatic rings. The van der Waals surface area contributed by atoms with Crippen molar-refractivity contribution in [1.29, 1.82) is 0 Å². The molecule has 0 aliphatic carbocycles. The normalized spacial score (nSPS) is 13.7. The average Bonchev–Trinajstić information content (AvgIpc) is 2.13. The molecule has 0 aromatic heterocycles. The summed E-state index contributed by atoms with van der Waals surface area (Å²) in [6.45, 7) is 0.431. The van der Waals surface area contributed by atoms with E-state index in [2.05, 4.69) is 14.8 Å². The number of carbonyl (C=O) groups is 1. The van der Waals surface area contributed by atoms with Crippen molar-refractivity contribution in [3.05, 3.63) is 0 Å². The molecule has 0 aliphatic heterocycles. The summed E-state index contributed by atoms with van der Waals surface area (Å²) >= 11 is 0. The van der Waals surface area contributed by atoms with Crippen molar-refractivity contribution >= 4 is 5.97 Å². The highest BCUT2D eigenvalue weighted by molar-refractivity contribution is 5.75. The van der Waals surface area contributed by atoms with Gasteiger partial charge in [0.1, 0.15) is 12.6 Å². The molecule has 0 rings (SSSR count). The molecule has 0 aromatic carbocycles. The number of likely N-dealkylation sites (N-methyl/N-ethyl adjacent to an activating group) is 1. The predicted molar refractivity (Wildman–Crippen MR) is 46.4 cm³/mol. The number of methoxy groups -OCH3 is 1. The highest BCUT2D eigenvalue weighted by Gasteiger charge is 2.28. The van der Waals surface area contributed by atoms with E-state index in [9.17, 15) is 18.0 Å². The van der Waals surface area contributed by atoms with Crippen LogP contribution in [0.1, 0.15) is 6.92 Å². The number of halogens is 3. The van der Waals surface area contributed by atoms with Crippen LogP contribution in [-0.4, -0.2) is 45.1 Å². The van der Waals surface area contributed by atoms with Gasteiger partial charge in [-0.3, -0.25) is 4.79 Å². The van der Waals surface area contributed by atoms with Crippen molar-refractivity contribution in [3.8, 4) is 0 Å². The summed E-state index contributed by atoms with van der Waals surface area (Å²) in [6.07, 6.45) is -4.38. The van der Waals surface area contributed by atoms with Gasteiger partial charge < -0.3 is 14.8 Å². The van der Waals surface area contributed by atoms with Crippen molar-refractivity contribution in [2.24, 2.45) is 0 Å². The molecule has 4 nitrogen and oxygen atoms in total. The Morgan fingerprint density at radius 1 is 1.47 bits per heavy atom. The second kappa shape index (κ2) is 6.62. The molecule has 0 saturated heterocycles. The zero-order valence-corrected chi connectivity index (χ0v) is 8.56. The lowest BCUT2D eigenvalue weighted by molar-refractivity contribution is -0.178. The number of esters is 1. The number of rotatable bonds is 6. The average molecular weight is 229 g/mol. The van der Waals surface area contributed by atoms with Gasteiger partial charge in [0.15, 0.2) is 0 Å². The summed E-state index contributed by atoms with van der Waals surface area (Å²) in [4.78, 5) is 11.0. The summed E-state index contributed by atoms with van der Waals surface area (Å²) in [6, 6.07) is -0.859. The SMILES string of the molecule is CCNC(COCC(F)(F)F)C(=O)OC. The van der Waals surface area contributed by atoms with Gasteiger partial charge in [0, 0.05) is 0 Å². The maximum Gasteiger partial charge on any atom is 0.411 e. The predicted octanol–water partition coefficient (Wildman–Crippen LogP) is 0.716. The Bertz CT molecular complexity index is 196. The van der Waals surface area contributed by atoms with E-state index in [4.69, 9.17) is 0 Å². The second-order valence-corrected chi connectivity index (χ2v) is 2.76. The lowest BCUT2D eigenvalue weighted by atomic mass is 10.3. The molecule has 0 fully saturated rings. The van der Waals surface area contributed by atoms with E-state index in [1.807, 2.05) is 0 Å². The standard InChI is InChI=1S/C8H14F3NO3/c1-3-12-6(7(13)14-2)4-15-5-8(9,10)11/h6,12H,3-5H2,1-2H3. The number of carbonyl (C=O) groups excluding carboxylic acids is 1. The number of ether oxygens (including phenoxy) is 2. The van der Waals surface area contributed by atoms with Gasteiger partial charge in [-0.05, 0) is 6.54 Å². The largest absolute Gasteiger partial charge is 0.468 e. The van der Waals surface area contributed by atoms with Crippen LogP contribution in [0, 0.1) is 0 Å². The van der Waals surface area contributed by atoms with Gasteiger partial charge in [-0.25, -0.2) is 0 Å². The number of alkyl halides is 3. The van der Waals surface area contributed by atoms with Crippen LogP contribution in [0.5, 0.6) is 0 Å². The third-order valence-corrected chi connectivity index (χ3v) is 1.49. The van der Waals surface area contributed by atoms with Crippen LogP contribution in [0.25, 0.3) is 0 Å². The Morgan fingerprint density at radius 3 is 2.47 bits per heavy atom. The van der Waals surface area contributed by atoms with E-state index in [0.717, 1.165) is 7.11 Å². The van der Waals surface area contributed by atoms with Gasteiger partial charge in [-0.15, -0.1) is 0 Å². The Hall–Kier alpha value is -0.820. The summed E-state index contributed by atoms with van der Waals surface area (Å²) in [5, 5.41) is 2.65. The third-order valence-electron chi connectivity index (χ3n) is 1.49. The van der Waals surface area contributed by atoms with Crippen molar-refractivity contribution in [1.82, 2.24) is 5.32 Å². The van der Waals surface area contributed by atoms with E-state index in [1.54, 1.807) is 6.92 Å². The van der Waals surface area contributed by atoms with Crippen LogP contribution in [0.2, 0.25) is 0 Å². The van der Waals surface area contributed by atoms with E-state index < -0.39 is 24.8 Å². The molecule has 0 aromatic rings. The van der Waals surface area contributed by atoms with Gasteiger partial charge in [0.2, 0.25) is 0 Å². The van der Waals surface area contributed by atoms with Crippen LogP contribution >= 0.6 is 0 Å². The molecule has 0 amide bonds.